The van der Waals surface area contributed by atoms with Crippen molar-refractivity contribution in [1.29, 1.82) is 0 Å². The highest BCUT2D eigenvalue weighted by Gasteiger charge is 2.12. The van der Waals surface area contributed by atoms with E-state index in [1.807, 2.05) is 0 Å². The van der Waals surface area contributed by atoms with Crippen LogP contribution in [0.5, 0.6) is 0 Å². The van der Waals surface area contributed by atoms with Gasteiger partial charge in [-0.3, -0.25) is 4.79 Å². The molecule has 0 fully saturated rings. The first kappa shape index (κ1) is 12.5. The summed E-state index contributed by atoms with van der Waals surface area (Å²) >= 11 is 5.78. The van der Waals surface area contributed by atoms with Crippen molar-refractivity contribution in [2.75, 3.05) is 13.1 Å². The first-order valence-corrected chi connectivity index (χ1v) is 5.23. The van der Waals surface area contributed by atoms with Crippen LogP contribution in [0.4, 0.5) is 0 Å². The molecule has 0 saturated heterocycles. The van der Waals surface area contributed by atoms with E-state index in [0.717, 1.165) is 0 Å². The van der Waals surface area contributed by atoms with Crippen molar-refractivity contribution in [2.24, 2.45) is 0 Å². The SMILES string of the molecule is C=CCN(CC=C)C(=O)Cn1ccnc1Cl. The van der Waals surface area contributed by atoms with Gasteiger partial charge in [0.15, 0.2) is 0 Å². The number of aromatic nitrogens is 2. The van der Waals surface area contributed by atoms with Crippen LogP contribution in [0, 0.1) is 0 Å². The lowest BCUT2D eigenvalue weighted by atomic mass is 10.4. The number of rotatable bonds is 6. The van der Waals surface area contributed by atoms with Gasteiger partial charge in [-0.2, -0.15) is 0 Å². The third kappa shape index (κ3) is 3.24. The molecule has 0 unspecified atom stereocenters. The predicted molar refractivity (Wildman–Crippen MR) is 64.2 cm³/mol. The second-order valence-electron chi connectivity index (χ2n) is 3.20. The molecule has 0 aromatic carbocycles. The molecule has 1 aromatic heterocycles. The fourth-order valence-corrected chi connectivity index (χ4v) is 1.44. The Hall–Kier alpha value is -1.55. The number of imidazole rings is 1. The van der Waals surface area contributed by atoms with Crippen molar-refractivity contribution in [2.45, 2.75) is 6.54 Å². The summed E-state index contributed by atoms with van der Waals surface area (Å²) in [6, 6.07) is 0. The maximum Gasteiger partial charge on any atom is 0.243 e. The Balaban J connectivity index is 2.65. The van der Waals surface area contributed by atoms with Crippen LogP contribution in [-0.4, -0.2) is 33.4 Å². The lowest BCUT2D eigenvalue weighted by Crippen LogP contribution is -2.34. The van der Waals surface area contributed by atoms with Gasteiger partial charge in [0.05, 0.1) is 0 Å². The van der Waals surface area contributed by atoms with Gasteiger partial charge < -0.3 is 9.47 Å². The number of carbonyl (C=O) groups is 1. The Morgan fingerprint density at radius 3 is 2.56 bits per heavy atom. The molecule has 4 nitrogen and oxygen atoms in total. The highest BCUT2D eigenvalue weighted by molar-refractivity contribution is 6.28. The smallest absolute Gasteiger partial charge is 0.243 e. The van der Waals surface area contributed by atoms with Crippen LogP contribution < -0.4 is 0 Å². The summed E-state index contributed by atoms with van der Waals surface area (Å²) in [5.41, 5.74) is 0. The van der Waals surface area contributed by atoms with Crippen LogP contribution in [0.1, 0.15) is 0 Å². The average Bonchev–Trinajstić information content (AvgIpc) is 2.64. The average molecular weight is 240 g/mol. The molecule has 5 heteroatoms. The largest absolute Gasteiger partial charge is 0.334 e. The minimum absolute atomic E-state index is 0.0419. The quantitative estimate of drug-likeness (QED) is 0.710. The van der Waals surface area contributed by atoms with Gasteiger partial charge in [-0.05, 0) is 11.6 Å². The molecule has 1 heterocycles. The predicted octanol–water partition coefficient (Wildman–Crippen LogP) is 1.74. The highest BCUT2D eigenvalue weighted by atomic mass is 35.5. The fraction of sp³-hybridized carbons (Fsp3) is 0.273. The zero-order chi connectivity index (χ0) is 12.0. The lowest BCUT2D eigenvalue weighted by molar-refractivity contribution is -0.130. The van der Waals surface area contributed by atoms with Crippen LogP contribution in [0.15, 0.2) is 37.7 Å². The van der Waals surface area contributed by atoms with Crippen LogP contribution in [-0.2, 0) is 11.3 Å². The molecule has 86 valence electrons. The number of halogens is 1. The monoisotopic (exact) mass is 239 g/mol. The van der Waals surface area contributed by atoms with Crippen molar-refractivity contribution >= 4 is 17.5 Å². The van der Waals surface area contributed by atoms with E-state index in [-0.39, 0.29) is 12.5 Å². The van der Waals surface area contributed by atoms with Gasteiger partial charge in [-0.15, -0.1) is 13.2 Å². The van der Waals surface area contributed by atoms with E-state index in [1.165, 1.54) is 0 Å². The van der Waals surface area contributed by atoms with E-state index < -0.39 is 0 Å². The molecule has 0 aliphatic heterocycles. The summed E-state index contributed by atoms with van der Waals surface area (Å²) in [4.78, 5) is 17.3. The van der Waals surface area contributed by atoms with Crippen LogP contribution in [0.25, 0.3) is 0 Å². The van der Waals surface area contributed by atoms with Gasteiger partial charge in [0.2, 0.25) is 11.2 Å². The molecule has 0 aliphatic rings. The second kappa shape index (κ2) is 6.12. The molecule has 0 atom stereocenters. The van der Waals surface area contributed by atoms with E-state index in [4.69, 9.17) is 11.6 Å². The number of amides is 1. The molecule has 0 saturated carbocycles. The summed E-state index contributed by atoms with van der Waals surface area (Å²) < 4.78 is 1.59. The third-order valence-corrected chi connectivity index (χ3v) is 2.34. The normalized spacial score (nSPS) is 9.81. The summed E-state index contributed by atoms with van der Waals surface area (Å²) in [5, 5.41) is 0.311. The Kier molecular flexibility index (Phi) is 4.79. The summed E-state index contributed by atoms with van der Waals surface area (Å²) in [6.07, 6.45) is 6.58. The fourth-order valence-electron chi connectivity index (χ4n) is 1.26. The third-order valence-electron chi connectivity index (χ3n) is 2.02. The standard InChI is InChI=1S/C11H14ClN3O/c1-3-6-14(7-4-2)10(16)9-15-8-5-13-11(15)12/h3-5,8H,1-2,6-7,9H2. The number of hydrogen-bond acceptors (Lipinski definition) is 2. The molecular weight excluding hydrogens is 226 g/mol. The number of carbonyl (C=O) groups excluding carboxylic acids is 1. The lowest BCUT2D eigenvalue weighted by Gasteiger charge is -2.19. The molecule has 1 amide bonds. The molecule has 16 heavy (non-hydrogen) atoms. The van der Waals surface area contributed by atoms with E-state index in [2.05, 4.69) is 18.1 Å². The Morgan fingerprint density at radius 2 is 2.12 bits per heavy atom. The topological polar surface area (TPSA) is 38.1 Å². The Morgan fingerprint density at radius 1 is 1.50 bits per heavy atom. The molecule has 0 spiro atoms. The summed E-state index contributed by atoms with van der Waals surface area (Å²) in [7, 11) is 0. The number of hydrogen-bond donors (Lipinski definition) is 0. The van der Waals surface area contributed by atoms with Crippen molar-refractivity contribution < 1.29 is 4.79 Å². The maximum absolute atomic E-state index is 11.9. The Labute approximate surface area is 99.8 Å². The van der Waals surface area contributed by atoms with Crippen LogP contribution >= 0.6 is 11.6 Å². The first-order chi connectivity index (χ1) is 7.69. The van der Waals surface area contributed by atoms with Gasteiger partial charge in [-0.1, -0.05) is 12.2 Å². The van der Waals surface area contributed by atoms with Gasteiger partial charge in [0.25, 0.3) is 0 Å². The molecule has 1 aromatic rings. The highest BCUT2D eigenvalue weighted by Crippen LogP contribution is 2.05. The molecule has 0 aliphatic carbocycles. The van der Waals surface area contributed by atoms with Gasteiger partial charge >= 0.3 is 0 Å². The maximum atomic E-state index is 11.9. The van der Waals surface area contributed by atoms with Gasteiger partial charge in [0.1, 0.15) is 6.54 Å². The minimum Gasteiger partial charge on any atom is -0.334 e. The van der Waals surface area contributed by atoms with Crippen molar-refractivity contribution in [1.82, 2.24) is 14.5 Å². The zero-order valence-electron chi connectivity index (χ0n) is 8.97. The van der Waals surface area contributed by atoms with Crippen molar-refractivity contribution in [3.05, 3.63) is 43.0 Å². The second-order valence-corrected chi connectivity index (χ2v) is 3.54. The zero-order valence-corrected chi connectivity index (χ0v) is 9.73. The van der Waals surface area contributed by atoms with E-state index in [0.29, 0.717) is 18.4 Å². The van der Waals surface area contributed by atoms with E-state index in [1.54, 1.807) is 34.0 Å². The van der Waals surface area contributed by atoms with E-state index in [9.17, 15) is 4.79 Å². The first-order valence-electron chi connectivity index (χ1n) is 4.85. The van der Waals surface area contributed by atoms with Crippen LogP contribution in [0.3, 0.4) is 0 Å². The Bertz CT molecular complexity index is 376. The minimum atomic E-state index is -0.0419. The molecule has 0 radical (unpaired) electrons. The molecule has 1 rings (SSSR count). The molecule has 0 bridgehead atoms. The van der Waals surface area contributed by atoms with E-state index >= 15 is 0 Å². The van der Waals surface area contributed by atoms with Crippen molar-refractivity contribution in [3.8, 4) is 0 Å². The van der Waals surface area contributed by atoms with Crippen molar-refractivity contribution in [3.63, 3.8) is 0 Å². The van der Waals surface area contributed by atoms with Crippen LogP contribution in [0.2, 0.25) is 5.28 Å². The molecule has 0 N–H and O–H groups in total. The van der Waals surface area contributed by atoms with Gasteiger partial charge in [-0.25, -0.2) is 4.98 Å². The molecular formula is C11H14ClN3O. The van der Waals surface area contributed by atoms with Gasteiger partial charge in [0, 0.05) is 25.5 Å². The summed E-state index contributed by atoms with van der Waals surface area (Å²) in [6.45, 7) is 8.39. The number of nitrogens with zero attached hydrogens (tertiary/aromatic N) is 3. The summed E-state index contributed by atoms with van der Waals surface area (Å²) in [5.74, 6) is -0.0419.